The first-order valence-electron chi connectivity index (χ1n) is 10.1. The molecule has 0 amide bonds. The van der Waals surface area contributed by atoms with Crippen LogP contribution in [0, 0.1) is 0 Å². The SMILES string of the molecule is CC(C)(C)c1ccc2c(c1)[C@H]1c3ccc(C(C)(C)C)cc3[C@@H]2c2c[nH]cc21. The van der Waals surface area contributed by atoms with Crippen LogP contribution in [0.3, 0.4) is 0 Å². The first-order chi connectivity index (χ1) is 12.7. The molecule has 0 saturated heterocycles. The maximum Gasteiger partial charge on any atom is 0.0364 e. The molecule has 0 unspecified atom stereocenters. The van der Waals surface area contributed by atoms with E-state index in [9.17, 15) is 0 Å². The van der Waals surface area contributed by atoms with Crippen LogP contribution in [0.2, 0.25) is 0 Å². The van der Waals surface area contributed by atoms with Gasteiger partial charge in [0.15, 0.2) is 0 Å². The highest BCUT2D eigenvalue weighted by Gasteiger charge is 2.42. The standard InChI is InChI=1S/C26H29N/c1-25(2,3)15-7-9-17-19(11-15)23-18-10-8-16(26(4,5)6)12-20(18)24(17)22-14-27-13-21(22)23/h7-14,23-24,27H,1-6H3/t23-,24-/m1/s1. The normalized spacial score (nSPS) is 20.2. The summed E-state index contributed by atoms with van der Waals surface area (Å²) >= 11 is 0. The predicted molar refractivity (Wildman–Crippen MR) is 113 cm³/mol. The van der Waals surface area contributed by atoms with E-state index in [0.717, 1.165) is 0 Å². The van der Waals surface area contributed by atoms with Gasteiger partial charge in [0.05, 0.1) is 0 Å². The van der Waals surface area contributed by atoms with Crippen LogP contribution in [-0.2, 0) is 10.8 Å². The van der Waals surface area contributed by atoms with Gasteiger partial charge >= 0.3 is 0 Å². The molecule has 1 nitrogen and oxygen atoms in total. The van der Waals surface area contributed by atoms with Crippen LogP contribution >= 0.6 is 0 Å². The average molecular weight is 356 g/mol. The fourth-order valence-electron chi connectivity index (χ4n) is 5.00. The molecular formula is C26H29N. The van der Waals surface area contributed by atoms with Gasteiger partial charge in [0, 0.05) is 24.2 Å². The minimum Gasteiger partial charge on any atom is -0.367 e. The smallest absolute Gasteiger partial charge is 0.0364 e. The lowest BCUT2D eigenvalue weighted by atomic mass is 9.61. The van der Waals surface area contributed by atoms with Gasteiger partial charge in [-0.2, -0.15) is 0 Å². The van der Waals surface area contributed by atoms with Gasteiger partial charge in [-0.05, 0) is 55.3 Å². The molecule has 3 aliphatic rings. The second-order valence-electron chi connectivity index (χ2n) is 10.4. The van der Waals surface area contributed by atoms with Crippen molar-refractivity contribution in [3.8, 4) is 0 Å². The Kier molecular flexibility index (Phi) is 3.22. The van der Waals surface area contributed by atoms with E-state index in [1.54, 1.807) is 0 Å². The van der Waals surface area contributed by atoms with Crippen molar-refractivity contribution < 1.29 is 0 Å². The zero-order valence-corrected chi connectivity index (χ0v) is 17.3. The van der Waals surface area contributed by atoms with Crippen molar-refractivity contribution in [2.24, 2.45) is 0 Å². The van der Waals surface area contributed by atoms with E-state index in [0.29, 0.717) is 11.8 Å². The molecule has 27 heavy (non-hydrogen) atoms. The summed E-state index contributed by atoms with van der Waals surface area (Å²) in [7, 11) is 0. The van der Waals surface area contributed by atoms with Gasteiger partial charge in [0.2, 0.25) is 0 Å². The maximum absolute atomic E-state index is 3.40. The van der Waals surface area contributed by atoms with Crippen LogP contribution in [-0.4, -0.2) is 4.98 Å². The Bertz CT molecular complexity index is 969. The second-order valence-corrected chi connectivity index (χ2v) is 10.4. The molecule has 3 aliphatic carbocycles. The zero-order valence-electron chi connectivity index (χ0n) is 17.3. The van der Waals surface area contributed by atoms with Gasteiger partial charge < -0.3 is 4.98 Å². The Morgan fingerprint density at radius 2 is 0.963 bits per heavy atom. The number of aromatic amines is 1. The third-order valence-electron chi connectivity index (χ3n) is 6.58. The number of hydrogen-bond donors (Lipinski definition) is 1. The lowest BCUT2D eigenvalue weighted by molar-refractivity contribution is 0.583. The van der Waals surface area contributed by atoms with Crippen molar-refractivity contribution >= 4 is 0 Å². The molecule has 2 bridgehead atoms. The van der Waals surface area contributed by atoms with E-state index in [-0.39, 0.29) is 10.8 Å². The molecule has 1 aromatic heterocycles. The van der Waals surface area contributed by atoms with E-state index in [2.05, 4.69) is 95.3 Å². The third kappa shape index (κ3) is 2.30. The van der Waals surface area contributed by atoms with Crippen LogP contribution in [0.5, 0.6) is 0 Å². The summed E-state index contributed by atoms with van der Waals surface area (Å²) in [5, 5.41) is 0. The molecule has 3 aromatic rings. The van der Waals surface area contributed by atoms with Gasteiger partial charge in [-0.25, -0.2) is 0 Å². The lowest BCUT2D eigenvalue weighted by Crippen LogP contribution is -2.28. The first-order valence-corrected chi connectivity index (χ1v) is 10.1. The molecule has 1 heterocycles. The van der Waals surface area contributed by atoms with Crippen LogP contribution in [0.15, 0.2) is 48.8 Å². The number of hydrogen-bond acceptors (Lipinski definition) is 0. The fourth-order valence-corrected chi connectivity index (χ4v) is 5.00. The molecule has 2 aromatic carbocycles. The Balaban J connectivity index is 1.77. The fraction of sp³-hybridized carbons (Fsp3) is 0.385. The largest absolute Gasteiger partial charge is 0.367 e. The van der Waals surface area contributed by atoms with E-state index in [1.165, 1.54) is 44.5 Å². The van der Waals surface area contributed by atoms with Crippen LogP contribution in [0.4, 0.5) is 0 Å². The number of benzene rings is 2. The van der Waals surface area contributed by atoms with Crippen molar-refractivity contribution in [2.75, 3.05) is 0 Å². The Labute approximate surface area is 162 Å². The van der Waals surface area contributed by atoms with Crippen molar-refractivity contribution in [2.45, 2.75) is 64.2 Å². The first kappa shape index (κ1) is 16.9. The number of H-pyrrole nitrogens is 1. The zero-order chi connectivity index (χ0) is 19.1. The van der Waals surface area contributed by atoms with E-state index >= 15 is 0 Å². The molecule has 1 N–H and O–H groups in total. The quantitative estimate of drug-likeness (QED) is 0.322. The summed E-state index contributed by atoms with van der Waals surface area (Å²) in [5.74, 6) is 0.718. The highest BCUT2D eigenvalue weighted by Crippen LogP contribution is 2.56. The van der Waals surface area contributed by atoms with E-state index in [1.807, 2.05) is 0 Å². The molecule has 0 aliphatic heterocycles. The average Bonchev–Trinajstić information content (AvgIpc) is 3.08. The highest BCUT2D eigenvalue weighted by molar-refractivity contribution is 5.68. The molecular weight excluding hydrogens is 326 g/mol. The van der Waals surface area contributed by atoms with Gasteiger partial charge in [0.1, 0.15) is 0 Å². The van der Waals surface area contributed by atoms with Crippen molar-refractivity contribution in [1.29, 1.82) is 0 Å². The van der Waals surface area contributed by atoms with E-state index in [4.69, 9.17) is 0 Å². The Morgan fingerprint density at radius 3 is 1.33 bits per heavy atom. The highest BCUT2D eigenvalue weighted by atomic mass is 14.7. The van der Waals surface area contributed by atoms with Gasteiger partial charge in [-0.15, -0.1) is 0 Å². The predicted octanol–water partition coefficient (Wildman–Crippen LogP) is 6.60. The summed E-state index contributed by atoms with van der Waals surface area (Å²) in [5.41, 5.74) is 12.2. The van der Waals surface area contributed by atoms with Crippen LogP contribution in [0.25, 0.3) is 0 Å². The maximum atomic E-state index is 3.40. The third-order valence-corrected chi connectivity index (χ3v) is 6.58. The van der Waals surface area contributed by atoms with Crippen molar-refractivity contribution in [3.05, 3.63) is 93.3 Å². The summed E-state index contributed by atoms with van der Waals surface area (Å²) in [6.45, 7) is 13.8. The molecule has 0 radical (unpaired) electrons. The molecule has 6 rings (SSSR count). The van der Waals surface area contributed by atoms with Crippen molar-refractivity contribution in [3.63, 3.8) is 0 Å². The van der Waals surface area contributed by atoms with E-state index < -0.39 is 0 Å². The van der Waals surface area contributed by atoms with Gasteiger partial charge in [-0.3, -0.25) is 0 Å². The monoisotopic (exact) mass is 355 g/mol. The molecule has 138 valence electrons. The molecule has 0 saturated carbocycles. The van der Waals surface area contributed by atoms with Gasteiger partial charge in [-0.1, -0.05) is 77.9 Å². The lowest BCUT2D eigenvalue weighted by Gasteiger charge is -2.42. The summed E-state index contributed by atoms with van der Waals surface area (Å²) in [6.07, 6.45) is 4.45. The van der Waals surface area contributed by atoms with Crippen LogP contribution < -0.4 is 0 Å². The number of rotatable bonds is 0. The second kappa shape index (κ2) is 5.16. The molecule has 2 atom stereocenters. The topological polar surface area (TPSA) is 15.8 Å². The molecule has 0 fully saturated rings. The minimum absolute atomic E-state index is 0.172. The summed E-state index contributed by atoms with van der Waals surface area (Å²) < 4.78 is 0. The molecule has 1 heteroatoms. The van der Waals surface area contributed by atoms with Crippen LogP contribution in [0.1, 0.15) is 97.9 Å². The summed E-state index contributed by atoms with van der Waals surface area (Å²) in [6, 6.07) is 14.4. The molecule has 0 spiro atoms. The van der Waals surface area contributed by atoms with Gasteiger partial charge in [0.25, 0.3) is 0 Å². The number of nitrogens with one attached hydrogen (secondary N) is 1. The Morgan fingerprint density at radius 1 is 0.556 bits per heavy atom. The minimum atomic E-state index is 0.172. The number of aromatic nitrogens is 1. The summed E-state index contributed by atoms with van der Waals surface area (Å²) in [4.78, 5) is 3.40. The Hall–Kier alpha value is -2.28. The van der Waals surface area contributed by atoms with Crippen molar-refractivity contribution in [1.82, 2.24) is 4.98 Å².